The highest BCUT2D eigenvalue weighted by Crippen LogP contribution is 2.34. The summed E-state index contributed by atoms with van der Waals surface area (Å²) in [6.07, 6.45) is -3.15. The van der Waals surface area contributed by atoms with Gasteiger partial charge in [-0.1, -0.05) is 0 Å². The highest BCUT2D eigenvalue weighted by molar-refractivity contribution is 14.1. The van der Waals surface area contributed by atoms with E-state index < -0.39 is 30.0 Å². The van der Waals surface area contributed by atoms with Gasteiger partial charge in [-0.05, 0) is 41.6 Å². The Kier molecular flexibility index (Phi) is 4.26. The van der Waals surface area contributed by atoms with Gasteiger partial charge in [0, 0.05) is 6.54 Å². The lowest BCUT2D eigenvalue weighted by atomic mass is 10.1. The summed E-state index contributed by atoms with van der Waals surface area (Å²) in [6.45, 7) is 0.648. The van der Waals surface area contributed by atoms with E-state index in [9.17, 15) is 22.4 Å². The number of hydrogen-bond donors (Lipinski definition) is 0. The van der Waals surface area contributed by atoms with Crippen LogP contribution in [-0.4, -0.2) is 27.2 Å². The molecule has 1 amide bonds. The fourth-order valence-corrected chi connectivity index (χ4v) is 3.23. The molecule has 1 aliphatic rings. The number of fused-ring (bicyclic) bond motifs is 1. The van der Waals surface area contributed by atoms with Gasteiger partial charge in [0.2, 0.25) is 0 Å². The molecule has 5 nitrogen and oxygen atoms in total. The lowest BCUT2D eigenvalue weighted by Gasteiger charge is -2.31. The van der Waals surface area contributed by atoms with E-state index in [-0.39, 0.29) is 18.4 Å². The van der Waals surface area contributed by atoms with E-state index in [0.29, 0.717) is 9.26 Å². The average molecular weight is 454 g/mol. The molecule has 1 atom stereocenters. The summed E-state index contributed by atoms with van der Waals surface area (Å²) < 4.78 is 53.8. The number of hydrogen-bond acceptors (Lipinski definition) is 3. The molecule has 3 heterocycles. The summed E-state index contributed by atoms with van der Waals surface area (Å²) in [7, 11) is 0. The molecule has 2 aromatic rings. The number of carbonyl (C=O) groups excluding carboxylic acids is 1. The number of aromatic nitrogens is 3. The van der Waals surface area contributed by atoms with Crippen LogP contribution in [0.25, 0.3) is 0 Å². The molecule has 0 saturated carbocycles. The van der Waals surface area contributed by atoms with Gasteiger partial charge >= 0.3 is 6.18 Å². The monoisotopic (exact) mass is 454 g/mol. The molecule has 0 aromatic carbocycles. The zero-order valence-electron chi connectivity index (χ0n) is 12.3. The molecule has 0 fully saturated rings. The lowest BCUT2D eigenvalue weighted by Crippen LogP contribution is -2.43. The Morgan fingerprint density at radius 2 is 2.08 bits per heavy atom. The summed E-state index contributed by atoms with van der Waals surface area (Å²) in [5.41, 5.74) is -1.52. The van der Waals surface area contributed by atoms with Gasteiger partial charge in [-0.15, -0.1) is 0 Å². The maximum atomic E-state index is 13.0. The lowest BCUT2D eigenvalue weighted by molar-refractivity contribution is -0.138. The van der Waals surface area contributed by atoms with Gasteiger partial charge in [-0.3, -0.25) is 14.4 Å². The minimum Gasteiger partial charge on any atom is -0.289 e. The van der Waals surface area contributed by atoms with Crippen LogP contribution in [0.2, 0.25) is 0 Å². The molecule has 2 aromatic heterocycles. The predicted octanol–water partition coefficient (Wildman–Crippen LogP) is 3.59. The van der Waals surface area contributed by atoms with Crippen LogP contribution in [0.1, 0.15) is 34.7 Å². The molecule has 0 bridgehead atoms. The van der Waals surface area contributed by atoms with Gasteiger partial charge < -0.3 is 0 Å². The number of pyridine rings is 1. The summed E-state index contributed by atoms with van der Waals surface area (Å²) >= 11 is 1.96. The SMILES string of the molecule is C[C@H]1CN(c2ccc(C(F)(F)F)c(CF)n2)C(=O)c2c(I)cnn21. The van der Waals surface area contributed by atoms with E-state index in [1.807, 2.05) is 29.5 Å². The molecular weight excluding hydrogens is 443 g/mol. The molecule has 1 aliphatic heterocycles. The van der Waals surface area contributed by atoms with Gasteiger partial charge in [0.05, 0.1) is 27.1 Å². The van der Waals surface area contributed by atoms with Crippen LogP contribution >= 0.6 is 22.6 Å². The second-order valence-corrected chi connectivity index (χ2v) is 6.51. The van der Waals surface area contributed by atoms with Crippen molar-refractivity contribution >= 4 is 34.3 Å². The summed E-state index contributed by atoms with van der Waals surface area (Å²) in [6, 6.07) is 1.66. The van der Waals surface area contributed by atoms with Gasteiger partial charge in [-0.25, -0.2) is 9.37 Å². The second kappa shape index (κ2) is 5.97. The first-order valence-electron chi connectivity index (χ1n) is 6.92. The third kappa shape index (κ3) is 2.76. The van der Waals surface area contributed by atoms with E-state index in [2.05, 4.69) is 10.1 Å². The van der Waals surface area contributed by atoms with E-state index >= 15 is 0 Å². The van der Waals surface area contributed by atoms with Crippen LogP contribution in [0.4, 0.5) is 23.4 Å². The van der Waals surface area contributed by atoms with Crippen molar-refractivity contribution in [1.82, 2.24) is 14.8 Å². The zero-order chi connectivity index (χ0) is 17.6. The number of amides is 1. The van der Waals surface area contributed by atoms with Crippen molar-refractivity contribution in [2.75, 3.05) is 11.4 Å². The Balaban J connectivity index is 2.04. The molecular formula is C14H11F4IN4O. The number of anilines is 1. The first kappa shape index (κ1) is 17.1. The topological polar surface area (TPSA) is 51.0 Å². The molecule has 10 heteroatoms. The van der Waals surface area contributed by atoms with Gasteiger partial charge in [0.1, 0.15) is 18.2 Å². The largest absolute Gasteiger partial charge is 0.418 e. The van der Waals surface area contributed by atoms with Crippen LogP contribution in [0.15, 0.2) is 18.3 Å². The van der Waals surface area contributed by atoms with Crippen molar-refractivity contribution in [3.8, 4) is 0 Å². The van der Waals surface area contributed by atoms with Gasteiger partial charge in [0.25, 0.3) is 5.91 Å². The Morgan fingerprint density at radius 1 is 1.38 bits per heavy atom. The van der Waals surface area contributed by atoms with Crippen LogP contribution in [0.5, 0.6) is 0 Å². The first-order chi connectivity index (χ1) is 11.2. The quantitative estimate of drug-likeness (QED) is 0.515. The fourth-order valence-electron chi connectivity index (χ4n) is 2.63. The zero-order valence-corrected chi connectivity index (χ0v) is 14.5. The Bertz CT molecular complexity index is 805. The predicted molar refractivity (Wildman–Crippen MR) is 85.4 cm³/mol. The number of alkyl halides is 4. The highest BCUT2D eigenvalue weighted by Gasteiger charge is 2.37. The Morgan fingerprint density at radius 3 is 2.71 bits per heavy atom. The van der Waals surface area contributed by atoms with Crippen LogP contribution < -0.4 is 4.90 Å². The molecule has 128 valence electrons. The summed E-state index contributed by atoms with van der Waals surface area (Å²) in [5.74, 6) is -0.428. The van der Waals surface area contributed by atoms with E-state index in [1.165, 1.54) is 4.90 Å². The Labute approximate surface area is 147 Å². The second-order valence-electron chi connectivity index (χ2n) is 5.35. The van der Waals surface area contributed by atoms with Crippen LogP contribution in [-0.2, 0) is 12.9 Å². The molecule has 0 radical (unpaired) electrons. The Hall–Kier alpha value is -1.72. The third-order valence-electron chi connectivity index (χ3n) is 3.73. The number of carbonyl (C=O) groups is 1. The summed E-state index contributed by atoms with van der Waals surface area (Å²) in [4.78, 5) is 17.6. The molecule has 0 saturated heterocycles. The van der Waals surface area contributed by atoms with E-state index in [0.717, 1.165) is 12.1 Å². The summed E-state index contributed by atoms with van der Waals surface area (Å²) in [5, 5.41) is 4.13. The fraction of sp³-hybridized carbons (Fsp3) is 0.357. The van der Waals surface area contributed by atoms with E-state index in [1.54, 1.807) is 10.9 Å². The van der Waals surface area contributed by atoms with Crippen molar-refractivity contribution in [3.05, 3.63) is 38.9 Å². The number of rotatable bonds is 2. The maximum absolute atomic E-state index is 13.0. The van der Waals surface area contributed by atoms with Gasteiger partial charge in [-0.2, -0.15) is 18.3 Å². The highest BCUT2D eigenvalue weighted by atomic mass is 127. The number of halogens is 5. The molecule has 0 unspecified atom stereocenters. The van der Waals surface area contributed by atoms with E-state index in [4.69, 9.17) is 0 Å². The minimum atomic E-state index is -4.69. The van der Waals surface area contributed by atoms with Crippen molar-refractivity contribution in [2.45, 2.75) is 25.8 Å². The van der Waals surface area contributed by atoms with Crippen molar-refractivity contribution in [2.24, 2.45) is 0 Å². The van der Waals surface area contributed by atoms with Crippen LogP contribution in [0.3, 0.4) is 0 Å². The maximum Gasteiger partial charge on any atom is 0.418 e. The normalized spacial score (nSPS) is 18.0. The first-order valence-corrected chi connectivity index (χ1v) is 8.00. The minimum absolute atomic E-state index is 0.00394. The molecule has 0 spiro atoms. The molecule has 0 N–H and O–H groups in total. The third-order valence-corrected chi connectivity index (χ3v) is 4.52. The smallest absolute Gasteiger partial charge is 0.289 e. The standard InChI is InChI=1S/C14H11F4IN4O/c1-7-6-22(13(24)12-9(19)5-20-23(7)12)11-3-2-8(14(16,17)18)10(4-15)21-11/h2-3,5,7H,4,6H2,1H3/t7-/m0/s1. The van der Waals surface area contributed by atoms with Crippen molar-refractivity contribution in [3.63, 3.8) is 0 Å². The molecule has 24 heavy (non-hydrogen) atoms. The van der Waals surface area contributed by atoms with Crippen LogP contribution in [0, 0.1) is 3.57 Å². The average Bonchev–Trinajstić information content (AvgIpc) is 2.92. The van der Waals surface area contributed by atoms with Gasteiger partial charge in [0.15, 0.2) is 0 Å². The molecule has 3 rings (SSSR count). The molecule has 0 aliphatic carbocycles. The number of nitrogens with zero attached hydrogens (tertiary/aromatic N) is 4. The van der Waals surface area contributed by atoms with Crippen molar-refractivity contribution < 1.29 is 22.4 Å². The van der Waals surface area contributed by atoms with Crippen molar-refractivity contribution in [1.29, 1.82) is 0 Å².